The molecule has 3 aromatic rings. The summed E-state index contributed by atoms with van der Waals surface area (Å²) in [4.78, 5) is 40.9. The van der Waals surface area contributed by atoms with Crippen LogP contribution in [-0.2, 0) is 46.2 Å². The van der Waals surface area contributed by atoms with Crippen LogP contribution in [0.5, 0.6) is 0 Å². The Hall–Kier alpha value is -3.79. The maximum absolute atomic E-state index is 14.0. The predicted molar refractivity (Wildman–Crippen MR) is 175 cm³/mol. The van der Waals surface area contributed by atoms with Gasteiger partial charge in [-0.3, -0.25) is 9.59 Å². The van der Waals surface area contributed by atoms with Crippen LogP contribution in [0, 0.1) is 17.8 Å². The normalized spacial score (nSPS) is 23.9. The van der Waals surface area contributed by atoms with E-state index in [-0.39, 0.29) is 37.4 Å². The van der Waals surface area contributed by atoms with Crippen molar-refractivity contribution in [3.63, 3.8) is 0 Å². The first-order chi connectivity index (χ1) is 21.9. The molecule has 2 heterocycles. The van der Waals surface area contributed by atoms with Gasteiger partial charge in [-0.25, -0.2) is 4.79 Å². The summed E-state index contributed by atoms with van der Waals surface area (Å²) in [5.74, 6) is -3.84. The van der Waals surface area contributed by atoms with E-state index in [1.54, 1.807) is 24.3 Å². The number of hydrogen-bond donors (Lipinski definition) is 0. The second-order valence-corrected chi connectivity index (χ2v) is 18.6. The molecule has 2 saturated heterocycles. The Labute approximate surface area is 272 Å². The van der Waals surface area contributed by atoms with Crippen molar-refractivity contribution in [2.24, 2.45) is 17.8 Å². The molecule has 0 aliphatic carbocycles. The molecule has 0 amide bonds. The van der Waals surface area contributed by atoms with Crippen molar-refractivity contribution in [2.45, 2.75) is 70.2 Å². The number of carbonyl (C=O) groups excluding carboxylic acids is 3. The molecule has 0 spiro atoms. The lowest BCUT2D eigenvalue weighted by Gasteiger charge is -2.41. The molecule has 5 rings (SSSR count). The van der Waals surface area contributed by atoms with Crippen molar-refractivity contribution in [3.05, 3.63) is 108 Å². The number of fused-ring (bicyclic) bond motifs is 2. The molecule has 0 radical (unpaired) electrons. The zero-order valence-corrected chi connectivity index (χ0v) is 28.3. The quantitative estimate of drug-likeness (QED) is 0.122. The largest absolute Gasteiger partial charge is 0.462 e. The summed E-state index contributed by atoms with van der Waals surface area (Å²) in [6.45, 7) is 10.9. The van der Waals surface area contributed by atoms with Gasteiger partial charge in [0.15, 0.2) is 8.32 Å². The molecular formula is C37H44O8Si. The average Bonchev–Trinajstić information content (AvgIpc) is 3.59. The van der Waals surface area contributed by atoms with Gasteiger partial charge in [0.1, 0.15) is 24.7 Å². The van der Waals surface area contributed by atoms with Gasteiger partial charge in [0, 0.05) is 5.92 Å². The number of esters is 3. The van der Waals surface area contributed by atoms with Crippen LogP contribution < -0.4 is 0 Å². The SMILES string of the molecule is CC(C)(C)[Si](C)(C)OC[C@]12C[C@H](COC(=O)c3ccccc3)[C@@H](O1)[C@@H](C(=O)OCc1ccccc1)[C@H]2C(=O)OCc1ccccc1. The summed E-state index contributed by atoms with van der Waals surface area (Å²) >= 11 is 0. The van der Waals surface area contributed by atoms with E-state index in [2.05, 4.69) is 33.9 Å². The topological polar surface area (TPSA) is 97.4 Å². The number of benzene rings is 3. The van der Waals surface area contributed by atoms with E-state index in [9.17, 15) is 14.4 Å². The highest BCUT2D eigenvalue weighted by Gasteiger charge is 2.69. The second kappa shape index (κ2) is 13.9. The monoisotopic (exact) mass is 644 g/mol. The molecule has 0 aromatic heterocycles. The van der Waals surface area contributed by atoms with Crippen LogP contribution >= 0.6 is 0 Å². The molecule has 8 nitrogen and oxygen atoms in total. The van der Waals surface area contributed by atoms with Gasteiger partial charge >= 0.3 is 17.9 Å². The minimum absolute atomic E-state index is 0.0223. The summed E-state index contributed by atoms with van der Waals surface area (Å²) in [7, 11) is -2.30. The van der Waals surface area contributed by atoms with E-state index in [0.717, 1.165) is 11.1 Å². The number of rotatable bonds is 12. The molecule has 0 saturated carbocycles. The molecule has 3 aromatic carbocycles. The standard InChI is InChI=1S/C37H44O8Si/c1-36(2,3)46(4,5)44-25-37-21-29(24-43-33(38)28-19-13-8-14-20-28)32(45-37)30(34(39)41-22-26-15-9-6-10-16-26)31(37)35(40)42-23-27-17-11-7-12-18-27/h6-20,29-32H,21-25H2,1-5H3/t29-,30+,31+,32-,37+/m1/s1. The van der Waals surface area contributed by atoms with Crippen molar-refractivity contribution in [1.29, 1.82) is 0 Å². The highest BCUT2D eigenvalue weighted by Crippen LogP contribution is 2.56. The molecule has 0 unspecified atom stereocenters. The van der Waals surface area contributed by atoms with E-state index in [4.69, 9.17) is 23.4 Å². The number of carbonyl (C=O) groups is 3. The summed E-state index contributed by atoms with van der Waals surface area (Å²) in [5.41, 5.74) is 0.936. The van der Waals surface area contributed by atoms with Gasteiger partial charge in [0.2, 0.25) is 0 Å². The molecule has 0 N–H and O–H groups in total. The zero-order valence-electron chi connectivity index (χ0n) is 27.3. The fourth-order valence-electron chi connectivity index (χ4n) is 6.03. The van der Waals surface area contributed by atoms with Gasteiger partial charge in [-0.05, 0) is 47.8 Å². The van der Waals surface area contributed by atoms with E-state index in [0.29, 0.717) is 12.0 Å². The van der Waals surface area contributed by atoms with Crippen molar-refractivity contribution >= 4 is 26.2 Å². The lowest BCUT2D eigenvalue weighted by atomic mass is 9.68. The second-order valence-electron chi connectivity index (χ2n) is 13.8. The first kappa shape index (κ1) is 33.6. The van der Waals surface area contributed by atoms with Crippen LogP contribution in [0.15, 0.2) is 91.0 Å². The maximum Gasteiger partial charge on any atom is 0.338 e. The van der Waals surface area contributed by atoms with Crippen LogP contribution in [0.2, 0.25) is 18.1 Å². The van der Waals surface area contributed by atoms with Gasteiger partial charge in [0.25, 0.3) is 0 Å². The van der Waals surface area contributed by atoms with E-state index in [1.165, 1.54) is 0 Å². The molecule has 5 atom stereocenters. The number of hydrogen-bond acceptors (Lipinski definition) is 8. The van der Waals surface area contributed by atoms with Crippen molar-refractivity contribution in [2.75, 3.05) is 13.2 Å². The van der Waals surface area contributed by atoms with Crippen LogP contribution in [-0.4, -0.2) is 51.1 Å². The smallest absolute Gasteiger partial charge is 0.338 e. The average molecular weight is 645 g/mol. The van der Waals surface area contributed by atoms with Gasteiger partial charge < -0.3 is 23.4 Å². The Kier molecular flexibility index (Phi) is 10.1. The third kappa shape index (κ3) is 7.43. The summed E-state index contributed by atoms with van der Waals surface area (Å²) in [6, 6.07) is 27.5. The Morgan fingerprint density at radius 1 is 0.783 bits per heavy atom. The Bertz CT molecular complexity index is 1490. The minimum Gasteiger partial charge on any atom is -0.462 e. The van der Waals surface area contributed by atoms with Crippen molar-refractivity contribution in [1.82, 2.24) is 0 Å². The summed E-state index contributed by atoms with van der Waals surface area (Å²) in [6.07, 6.45) is -0.369. The fraction of sp³-hybridized carbons (Fsp3) is 0.432. The van der Waals surface area contributed by atoms with Crippen LogP contribution in [0.1, 0.15) is 48.7 Å². The van der Waals surface area contributed by atoms with Gasteiger partial charge in [-0.15, -0.1) is 0 Å². The molecule has 9 heteroatoms. The first-order valence-electron chi connectivity index (χ1n) is 15.9. The van der Waals surface area contributed by atoms with Crippen molar-refractivity contribution < 1.29 is 37.8 Å². The Morgan fingerprint density at radius 3 is 1.85 bits per heavy atom. The first-order valence-corrected chi connectivity index (χ1v) is 18.8. The molecule has 244 valence electrons. The van der Waals surface area contributed by atoms with Crippen LogP contribution in [0.4, 0.5) is 0 Å². The third-order valence-electron chi connectivity index (χ3n) is 9.62. The van der Waals surface area contributed by atoms with E-state index >= 15 is 0 Å². The molecule has 2 aliphatic heterocycles. The highest BCUT2D eigenvalue weighted by molar-refractivity contribution is 6.74. The summed E-state index contributed by atoms with van der Waals surface area (Å²) in [5, 5.41) is -0.0950. The van der Waals surface area contributed by atoms with Gasteiger partial charge in [-0.2, -0.15) is 0 Å². The third-order valence-corrected chi connectivity index (χ3v) is 14.1. The Morgan fingerprint density at radius 2 is 1.30 bits per heavy atom. The highest BCUT2D eigenvalue weighted by atomic mass is 28.4. The molecule has 2 aliphatic rings. The lowest BCUT2D eigenvalue weighted by molar-refractivity contribution is -0.167. The Balaban J connectivity index is 1.43. The lowest BCUT2D eigenvalue weighted by Crippen LogP contribution is -2.54. The summed E-state index contributed by atoms with van der Waals surface area (Å²) < 4.78 is 30.8. The molecular weight excluding hydrogens is 600 g/mol. The zero-order chi connectivity index (χ0) is 33.0. The molecule has 2 bridgehead atoms. The van der Waals surface area contributed by atoms with E-state index in [1.807, 2.05) is 66.7 Å². The molecule has 46 heavy (non-hydrogen) atoms. The molecule has 2 fully saturated rings. The fourth-order valence-corrected chi connectivity index (χ4v) is 7.07. The maximum atomic E-state index is 14.0. The predicted octanol–water partition coefficient (Wildman–Crippen LogP) is 6.74. The minimum atomic E-state index is -2.30. The van der Waals surface area contributed by atoms with Crippen molar-refractivity contribution in [3.8, 4) is 0 Å². The van der Waals surface area contributed by atoms with Crippen LogP contribution in [0.3, 0.4) is 0 Å². The van der Waals surface area contributed by atoms with Crippen LogP contribution in [0.25, 0.3) is 0 Å². The van der Waals surface area contributed by atoms with E-state index < -0.39 is 49.8 Å². The van der Waals surface area contributed by atoms with Gasteiger partial charge in [0.05, 0.1) is 30.8 Å². The number of ether oxygens (including phenoxy) is 4. The van der Waals surface area contributed by atoms with Gasteiger partial charge in [-0.1, -0.05) is 99.6 Å².